The molecule has 42 heavy (non-hydrogen) atoms. The first-order chi connectivity index (χ1) is 20.3. The van der Waals surface area contributed by atoms with Gasteiger partial charge in [0, 0.05) is 26.2 Å². The number of amides is 2. The van der Waals surface area contributed by atoms with Crippen LogP contribution in [0.5, 0.6) is 11.5 Å². The van der Waals surface area contributed by atoms with Gasteiger partial charge in [-0.15, -0.1) is 0 Å². The van der Waals surface area contributed by atoms with Gasteiger partial charge in [0.1, 0.15) is 17.5 Å². The molecular weight excluding hydrogens is 562 g/mol. The fourth-order valence-corrected chi connectivity index (χ4v) is 5.91. The highest BCUT2D eigenvalue weighted by Gasteiger charge is 2.32. The van der Waals surface area contributed by atoms with Gasteiger partial charge < -0.3 is 29.5 Å². The van der Waals surface area contributed by atoms with Crippen LogP contribution in [0.1, 0.15) is 17.2 Å². The maximum Gasteiger partial charge on any atom is 0.261 e. The van der Waals surface area contributed by atoms with Crippen molar-refractivity contribution < 1.29 is 37.3 Å². The van der Waals surface area contributed by atoms with Crippen molar-refractivity contribution in [2.24, 2.45) is 0 Å². The summed E-state index contributed by atoms with van der Waals surface area (Å²) >= 11 is 0. The van der Waals surface area contributed by atoms with E-state index in [4.69, 9.17) is 14.2 Å². The van der Waals surface area contributed by atoms with Crippen LogP contribution in [0.15, 0.2) is 83.8 Å². The largest absolute Gasteiger partial charge is 0.497 e. The quantitative estimate of drug-likeness (QED) is 0.306. The summed E-state index contributed by atoms with van der Waals surface area (Å²) in [6.07, 6.45) is 0. The first-order valence-corrected chi connectivity index (χ1v) is 14.9. The second kappa shape index (κ2) is 14.8. The molecule has 1 fully saturated rings. The predicted molar refractivity (Wildman–Crippen MR) is 154 cm³/mol. The first kappa shape index (κ1) is 31.0. The van der Waals surface area contributed by atoms with E-state index in [1.165, 1.54) is 33.5 Å². The van der Waals surface area contributed by atoms with Crippen molar-refractivity contribution in [2.75, 3.05) is 53.2 Å². The van der Waals surface area contributed by atoms with E-state index in [2.05, 4.69) is 5.32 Å². The first-order valence-electron chi connectivity index (χ1n) is 13.5. The number of nitrogens with zero attached hydrogens (tertiary/aromatic N) is 2. The molecule has 4 rings (SSSR count). The molecule has 0 aliphatic carbocycles. The van der Waals surface area contributed by atoms with E-state index >= 15 is 0 Å². The molecule has 2 N–H and O–H groups in total. The molecule has 11 nitrogen and oxygen atoms in total. The van der Waals surface area contributed by atoms with Gasteiger partial charge in [-0.3, -0.25) is 9.59 Å². The number of carbonyl (C=O) groups excluding carboxylic acids is 2. The van der Waals surface area contributed by atoms with Crippen molar-refractivity contribution in [1.82, 2.24) is 14.5 Å². The van der Waals surface area contributed by atoms with Gasteiger partial charge in [-0.1, -0.05) is 42.5 Å². The molecule has 224 valence electrons. The SMILES string of the molecule is COc1ccc(CN(C(=O)COc2ccc(S(=O)(=O)N3CCOCC3)cc2)C(C(=O)NCCO)c2ccccc2)cc1. The van der Waals surface area contributed by atoms with Crippen LogP contribution >= 0.6 is 0 Å². The lowest BCUT2D eigenvalue weighted by atomic mass is 10.0. The van der Waals surface area contributed by atoms with Gasteiger partial charge in [0.05, 0.1) is 31.8 Å². The van der Waals surface area contributed by atoms with Gasteiger partial charge in [-0.05, 0) is 47.5 Å². The maximum absolute atomic E-state index is 13.7. The van der Waals surface area contributed by atoms with E-state index in [1.807, 2.05) is 6.07 Å². The Kier molecular flexibility index (Phi) is 10.9. The highest BCUT2D eigenvalue weighted by atomic mass is 32.2. The number of benzene rings is 3. The molecule has 3 aromatic rings. The standard InChI is InChI=1S/C30H35N3O8S/c1-39-25-9-7-23(8-10-25)21-33(29(30(36)31-15-18-34)24-5-3-2-4-6-24)28(35)22-41-26-11-13-27(14-12-26)42(37,38)32-16-19-40-20-17-32/h2-14,29,34H,15-22H2,1H3,(H,31,36). The number of methoxy groups -OCH3 is 1. The van der Waals surface area contributed by atoms with Gasteiger partial charge in [0.25, 0.3) is 5.91 Å². The number of nitrogens with one attached hydrogen (secondary N) is 1. The minimum absolute atomic E-state index is 0.0307. The average Bonchev–Trinajstić information content (AvgIpc) is 3.03. The summed E-state index contributed by atoms with van der Waals surface area (Å²) in [6.45, 7) is 0.733. The summed E-state index contributed by atoms with van der Waals surface area (Å²) in [7, 11) is -2.11. The van der Waals surface area contributed by atoms with Crippen LogP contribution in [0.25, 0.3) is 0 Å². The Morgan fingerprint density at radius 3 is 2.24 bits per heavy atom. The molecule has 0 spiro atoms. The number of carbonyl (C=O) groups is 2. The van der Waals surface area contributed by atoms with Crippen molar-refractivity contribution in [2.45, 2.75) is 17.5 Å². The van der Waals surface area contributed by atoms with Gasteiger partial charge in [-0.25, -0.2) is 8.42 Å². The molecule has 1 unspecified atom stereocenters. The monoisotopic (exact) mass is 597 g/mol. The molecule has 1 saturated heterocycles. The third-order valence-electron chi connectivity index (χ3n) is 6.71. The van der Waals surface area contributed by atoms with E-state index < -0.39 is 34.5 Å². The van der Waals surface area contributed by atoms with Gasteiger partial charge in [0.15, 0.2) is 6.61 Å². The highest BCUT2D eigenvalue weighted by Crippen LogP contribution is 2.26. The molecule has 2 amide bonds. The molecule has 0 radical (unpaired) electrons. The van der Waals surface area contributed by atoms with Gasteiger partial charge >= 0.3 is 0 Å². The van der Waals surface area contributed by atoms with Gasteiger partial charge in [-0.2, -0.15) is 4.31 Å². The Morgan fingerprint density at radius 2 is 1.62 bits per heavy atom. The molecule has 1 heterocycles. The number of aliphatic hydroxyl groups is 1. The van der Waals surface area contributed by atoms with Crippen LogP contribution in [-0.2, 0) is 30.9 Å². The zero-order valence-electron chi connectivity index (χ0n) is 23.3. The van der Waals surface area contributed by atoms with Crippen molar-refractivity contribution >= 4 is 21.8 Å². The van der Waals surface area contributed by atoms with Crippen LogP contribution in [-0.4, -0.2) is 87.7 Å². The topological polar surface area (TPSA) is 135 Å². The van der Waals surface area contributed by atoms with Crippen LogP contribution in [0.3, 0.4) is 0 Å². The molecule has 1 aliphatic rings. The van der Waals surface area contributed by atoms with Crippen LogP contribution in [0.2, 0.25) is 0 Å². The van der Waals surface area contributed by atoms with Crippen LogP contribution < -0.4 is 14.8 Å². The van der Waals surface area contributed by atoms with E-state index in [0.29, 0.717) is 30.3 Å². The van der Waals surface area contributed by atoms with Crippen molar-refractivity contribution in [3.63, 3.8) is 0 Å². The van der Waals surface area contributed by atoms with E-state index in [9.17, 15) is 23.1 Å². The maximum atomic E-state index is 13.7. The molecule has 0 bridgehead atoms. The summed E-state index contributed by atoms with van der Waals surface area (Å²) in [4.78, 5) is 28.6. The summed E-state index contributed by atoms with van der Waals surface area (Å²) in [5.41, 5.74) is 1.35. The van der Waals surface area contributed by atoms with Gasteiger partial charge in [0.2, 0.25) is 15.9 Å². The lowest BCUT2D eigenvalue weighted by Crippen LogP contribution is -2.45. The fourth-order valence-electron chi connectivity index (χ4n) is 4.51. The van der Waals surface area contributed by atoms with E-state index in [0.717, 1.165) is 5.56 Å². The van der Waals surface area contributed by atoms with Crippen LogP contribution in [0, 0.1) is 0 Å². The Labute approximate surface area is 245 Å². The smallest absolute Gasteiger partial charge is 0.261 e. The number of hydrogen-bond donors (Lipinski definition) is 2. The Balaban J connectivity index is 1.55. The molecule has 1 aliphatic heterocycles. The predicted octanol–water partition coefficient (Wildman–Crippen LogP) is 1.97. The highest BCUT2D eigenvalue weighted by molar-refractivity contribution is 7.89. The number of aliphatic hydroxyl groups excluding tert-OH is 1. The van der Waals surface area contributed by atoms with Crippen LogP contribution in [0.4, 0.5) is 0 Å². The zero-order chi connectivity index (χ0) is 30.0. The molecule has 12 heteroatoms. The zero-order valence-corrected chi connectivity index (χ0v) is 24.2. The fraction of sp³-hybridized carbons (Fsp3) is 0.333. The number of rotatable bonds is 13. The second-order valence-corrected chi connectivity index (χ2v) is 11.4. The average molecular weight is 598 g/mol. The molecule has 1 atom stereocenters. The minimum Gasteiger partial charge on any atom is -0.497 e. The molecule has 0 aromatic heterocycles. The van der Waals surface area contributed by atoms with Crippen molar-refractivity contribution in [1.29, 1.82) is 0 Å². The number of morpholine rings is 1. The Morgan fingerprint density at radius 1 is 0.976 bits per heavy atom. The second-order valence-electron chi connectivity index (χ2n) is 9.47. The summed E-state index contributed by atoms with van der Waals surface area (Å²) in [6, 6.07) is 20.9. The lowest BCUT2D eigenvalue weighted by Gasteiger charge is -2.31. The third kappa shape index (κ3) is 7.85. The Hall–Kier alpha value is -3.97. The third-order valence-corrected chi connectivity index (χ3v) is 8.63. The van der Waals surface area contributed by atoms with Crippen molar-refractivity contribution in [3.8, 4) is 11.5 Å². The Bertz CT molecular complexity index is 1410. The molecular formula is C30H35N3O8S. The lowest BCUT2D eigenvalue weighted by molar-refractivity contribution is -0.143. The number of sulfonamides is 1. The summed E-state index contributed by atoms with van der Waals surface area (Å²) in [5.74, 6) is 0.0348. The number of ether oxygens (including phenoxy) is 3. The summed E-state index contributed by atoms with van der Waals surface area (Å²) in [5, 5.41) is 12.0. The van der Waals surface area contributed by atoms with Crippen molar-refractivity contribution in [3.05, 3.63) is 90.0 Å². The number of hydrogen-bond acceptors (Lipinski definition) is 8. The van der Waals surface area contributed by atoms with E-state index in [-0.39, 0.29) is 37.7 Å². The normalized spacial score (nSPS) is 14.5. The van der Waals surface area contributed by atoms with E-state index in [1.54, 1.807) is 55.6 Å². The minimum atomic E-state index is -3.67. The molecule has 0 saturated carbocycles. The molecule has 3 aromatic carbocycles. The summed E-state index contributed by atoms with van der Waals surface area (Å²) < 4.78 is 43.5.